The number of halogens is 2. The molecule has 0 aliphatic rings. The minimum atomic E-state index is 0.666. The second kappa shape index (κ2) is 8.37. The molecule has 2 rings (SSSR count). The van der Waals surface area contributed by atoms with E-state index in [0.717, 1.165) is 22.0 Å². The number of benzene rings is 2. The third-order valence-corrected chi connectivity index (χ3v) is 5.08. The molecule has 0 saturated heterocycles. The molecule has 2 aromatic rings. The number of hydrogen-bond donors (Lipinski definition) is 1. The van der Waals surface area contributed by atoms with Crippen molar-refractivity contribution in [3.63, 3.8) is 0 Å². The lowest BCUT2D eigenvalue weighted by atomic mass is 10.2. The van der Waals surface area contributed by atoms with E-state index in [2.05, 4.69) is 93.5 Å². The molecule has 4 heteroatoms. The van der Waals surface area contributed by atoms with Gasteiger partial charge in [0.1, 0.15) is 0 Å². The normalized spacial score (nSPS) is 11.1. The number of nitrogens with one attached hydrogen (secondary N) is 1. The van der Waals surface area contributed by atoms with Crippen molar-refractivity contribution in [2.24, 2.45) is 5.92 Å². The van der Waals surface area contributed by atoms with Crippen molar-refractivity contribution in [2.45, 2.75) is 30.2 Å². The molecule has 0 radical (unpaired) electrons. The second-order valence-electron chi connectivity index (χ2n) is 5.33. The van der Waals surface area contributed by atoms with E-state index >= 15 is 0 Å². The Labute approximate surface area is 148 Å². The van der Waals surface area contributed by atoms with Gasteiger partial charge in [-0.3, -0.25) is 0 Å². The first kappa shape index (κ1) is 17.1. The van der Waals surface area contributed by atoms with Gasteiger partial charge in [-0.15, -0.1) is 0 Å². The molecule has 0 amide bonds. The highest BCUT2D eigenvalue weighted by molar-refractivity contribution is 9.10. The van der Waals surface area contributed by atoms with Crippen molar-refractivity contribution in [2.75, 3.05) is 6.54 Å². The maximum absolute atomic E-state index is 3.57. The summed E-state index contributed by atoms with van der Waals surface area (Å²) in [6.45, 7) is 6.39. The fourth-order valence-corrected chi connectivity index (χ4v) is 3.51. The first-order valence-corrected chi connectivity index (χ1v) is 9.37. The van der Waals surface area contributed by atoms with Crippen LogP contribution in [0.2, 0.25) is 0 Å². The van der Waals surface area contributed by atoms with Gasteiger partial charge in [0.2, 0.25) is 0 Å². The van der Waals surface area contributed by atoms with Crippen molar-refractivity contribution in [1.82, 2.24) is 5.32 Å². The first-order valence-electron chi connectivity index (χ1n) is 6.97. The van der Waals surface area contributed by atoms with Crippen LogP contribution in [0.1, 0.15) is 19.4 Å². The highest BCUT2D eigenvalue weighted by Gasteiger charge is 2.06. The van der Waals surface area contributed by atoms with E-state index in [1.807, 2.05) is 11.8 Å². The van der Waals surface area contributed by atoms with Crippen molar-refractivity contribution >= 4 is 43.6 Å². The minimum absolute atomic E-state index is 0.666. The third kappa shape index (κ3) is 5.78. The largest absolute Gasteiger partial charge is 0.312 e. The van der Waals surface area contributed by atoms with E-state index in [0.29, 0.717) is 5.92 Å². The summed E-state index contributed by atoms with van der Waals surface area (Å²) in [5, 5.41) is 3.52. The lowest BCUT2D eigenvalue weighted by Gasteiger charge is -2.12. The Morgan fingerprint density at radius 1 is 1.00 bits per heavy atom. The van der Waals surface area contributed by atoms with Gasteiger partial charge < -0.3 is 5.32 Å². The molecule has 0 aliphatic heterocycles. The van der Waals surface area contributed by atoms with Gasteiger partial charge >= 0.3 is 0 Å². The van der Waals surface area contributed by atoms with Gasteiger partial charge in [-0.05, 0) is 60.5 Å². The van der Waals surface area contributed by atoms with E-state index in [-0.39, 0.29) is 0 Å². The molecular formula is C17H19Br2NS. The molecule has 0 saturated carbocycles. The monoisotopic (exact) mass is 427 g/mol. The van der Waals surface area contributed by atoms with Gasteiger partial charge in [-0.25, -0.2) is 0 Å². The van der Waals surface area contributed by atoms with Gasteiger partial charge in [0.05, 0.1) is 0 Å². The molecule has 21 heavy (non-hydrogen) atoms. The highest BCUT2D eigenvalue weighted by Crippen LogP contribution is 2.32. The average molecular weight is 429 g/mol. The summed E-state index contributed by atoms with van der Waals surface area (Å²) in [7, 11) is 0. The zero-order valence-corrected chi connectivity index (χ0v) is 16.2. The Balaban J connectivity index is 2.12. The smallest absolute Gasteiger partial charge is 0.0217 e. The molecule has 0 aromatic heterocycles. The standard InChI is InChI=1S/C17H19Br2NS/c1-12(2)10-20-11-13-9-15(19)5-8-17(13)21-16-6-3-14(18)4-7-16/h3-9,12,20H,10-11H2,1-2H3. The molecule has 0 aliphatic carbocycles. The van der Waals surface area contributed by atoms with Crippen LogP contribution in [0, 0.1) is 5.92 Å². The average Bonchev–Trinajstić information content (AvgIpc) is 2.43. The Hall–Kier alpha value is -0.290. The molecule has 1 N–H and O–H groups in total. The quantitative estimate of drug-likeness (QED) is 0.595. The molecule has 112 valence electrons. The molecule has 0 unspecified atom stereocenters. The zero-order valence-electron chi connectivity index (χ0n) is 12.2. The van der Waals surface area contributed by atoms with Crippen molar-refractivity contribution < 1.29 is 0 Å². The van der Waals surface area contributed by atoms with Gasteiger partial charge in [0.25, 0.3) is 0 Å². The number of hydrogen-bond acceptors (Lipinski definition) is 2. The van der Waals surface area contributed by atoms with Crippen LogP contribution in [0.25, 0.3) is 0 Å². The summed E-state index contributed by atoms with van der Waals surface area (Å²) in [6.07, 6.45) is 0. The van der Waals surface area contributed by atoms with Gasteiger partial charge in [0, 0.05) is 25.3 Å². The molecule has 0 bridgehead atoms. The molecule has 0 fully saturated rings. The van der Waals surface area contributed by atoms with Crippen LogP contribution in [0.3, 0.4) is 0 Å². The minimum Gasteiger partial charge on any atom is -0.312 e. The maximum Gasteiger partial charge on any atom is 0.0217 e. The molecule has 1 nitrogen and oxygen atoms in total. The van der Waals surface area contributed by atoms with Crippen LogP contribution >= 0.6 is 43.6 Å². The summed E-state index contributed by atoms with van der Waals surface area (Å²) >= 11 is 8.85. The first-order chi connectivity index (χ1) is 10.0. The van der Waals surface area contributed by atoms with Crippen LogP contribution in [0.15, 0.2) is 61.2 Å². The fourth-order valence-electron chi connectivity index (χ4n) is 1.91. The van der Waals surface area contributed by atoms with Crippen LogP contribution in [0.5, 0.6) is 0 Å². The van der Waals surface area contributed by atoms with Gasteiger partial charge in [-0.1, -0.05) is 57.5 Å². The van der Waals surface area contributed by atoms with E-state index in [4.69, 9.17) is 0 Å². The second-order valence-corrected chi connectivity index (χ2v) is 8.28. The highest BCUT2D eigenvalue weighted by atomic mass is 79.9. The molecular weight excluding hydrogens is 410 g/mol. The van der Waals surface area contributed by atoms with Crippen LogP contribution < -0.4 is 5.32 Å². The van der Waals surface area contributed by atoms with E-state index in [1.54, 1.807) is 0 Å². The topological polar surface area (TPSA) is 12.0 Å². The summed E-state index contributed by atoms with van der Waals surface area (Å²) in [5.74, 6) is 0.666. The van der Waals surface area contributed by atoms with Crippen molar-refractivity contribution in [3.05, 3.63) is 57.0 Å². The maximum atomic E-state index is 3.57. The van der Waals surface area contributed by atoms with Crippen molar-refractivity contribution in [3.8, 4) is 0 Å². The Bertz CT molecular complexity index is 582. The molecule has 0 atom stereocenters. The number of rotatable bonds is 6. The van der Waals surface area contributed by atoms with E-state index in [9.17, 15) is 0 Å². The SMILES string of the molecule is CC(C)CNCc1cc(Br)ccc1Sc1ccc(Br)cc1. The summed E-state index contributed by atoms with van der Waals surface area (Å²) < 4.78 is 2.24. The molecule has 0 spiro atoms. The van der Waals surface area contributed by atoms with Crippen LogP contribution in [-0.4, -0.2) is 6.54 Å². The van der Waals surface area contributed by atoms with Crippen molar-refractivity contribution in [1.29, 1.82) is 0 Å². The summed E-state index contributed by atoms with van der Waals surface area (Å²) in [6, 6.07) is 14.9. The molecule has 0 heterocycles. The Kier molecular flexibility index (Phi) is 6.80. The lowest BCUT2D eigenvalue weighted by Crippen LogP contribution is -2.19. The lowest BCUT2D eigenvalue weighted by molar-refractivity contribution is 0.550. The van der Waals surface area contributed by atoms with Crippen LogP contribution in [0.4, 0.5) is 0 Å². The van der Waals surface area contributed by atoms with Gasteiger partial charge in [0.15, 0.2) is 0 Å². The Morgan fingerprint density at radius 3 is 2.33 bits per heavy atom. The van der Waals surface area contributed by atoms with E-state index < -0.39 is 0 Å². The summed E-state index contributed by atoms with van der Waals surface area (Å²) in [4.78, 5) is 2.56. The predicted molar refractivity (Wildman–Crippen MR) is 99.0 cm³/mol. The van der Waals surface area contributed by atoms with E-state index in [1.165, 1.54) is 15.4 Å². The molecule has 2 aromatic carbocycles. The predicted octanol–water partition coefficient (Wildman–Crippen LogP) is 6.11. The third-order valence-electron chi connectivity index (χ3n) is 2.93. The zero-order chi connectivity index (χ0) is 15.2. The fraction of sp³-hybridized carbons (Fsp3) is 0.294. The Morgan fingerprint density at radius 2 is 1.67 bits per heavy atom. The van der Waals surface area contributed by atoms with Gasteiger partial charge in [-0.2, -0.15) is 0 Å². The van der Waals surface area contributed by atoms with Crippen LogP contribution in [-0.2, 0) is 6.54 Å². The summed E-state index contributed by atoms with van der Waals surface area (Å²) in [5.41, 5.74) is 1.33.